The van der Waals surface area contributed by atoms with E-state index >= 15 is 0 Å². The number of benzene rings is 8. The Bertz CT molecular complexity index is 2760. The van der Waals surface area contributed by atoms with Gasteiger partial charge < -0.3 is 0 Å². The van der Waals surface area contributed by atoms with E-state index in [1.54, 1.807) is 0 Å². The molecule has 0 unspecified atom stereocenters. The zero-order chi connectivity index (χ0) is 31.0. The van der Waals surface area contributed by atoms with Crippen molar-refractivity contribution < 1.29 is 0 Å². The number of aromatic nitrogens is 1. The molecule has 216 valence electrons. The summed E-state index contributed by atoms with van der Waals surface area (Å²) in [5.74, 6) is 0. The molecule has 0 spiro atoms. The molecule has 0 N–H and O–H groups in total. The third kappa shape index (κ3) is 3.02. The Morgan fingerprint density at radius 1 is 0.435 bits per heavy atom. The minimum absolute atomic E-state index is 0.257. The molecule has 0 aliphatic heterocycles. The van der Waals surface area contributed by atoms with Crippen LogP contribution in [0.2, 0.25) is 0 Å². The summed E-state index contributed by atoms with van der Waals surface area (Å²) < 4.78 is 1.41. The Morgan fingerprint density at radius 2 is 0.870 bits per heavy atom. The normalized spacial score (nSPS) is 12.4. The molecular formula is C43H27NO2. The maximum atomic E-state index is 14.8. The summed E-state index contributed by atoms with van der Waals surface area (Å²) in [6, 6.07) is 37.9. The molecule has 0 fully saturated rings. The molecule has 1 heterocycles. The summed E-state index contributed by atoms with van der Waals surface area (Å²) >= 11 is 0. The van der Waals surface area contributed by atoms with Crippen LogP contribution in [0.5, 0.6) is 0 Å². The van der Waals surface area contributed by atoms with Crippen molar-refractivity contribution in [3.05, 3.63) is 147 Å². The highest BCUT2D eigenvalue weighted by Crippen LogP contribution is 2.53. The largest absolute Gasteiger partial charge is 0.268 e. The van der Waals surface area contributed by atoms with E-state index in [2.05, 4.69) is 91.9 Å². The van der Waals surface area contributed by atoms with Crippen LogP contribution in [0.15, 0.2) is 119 Å². The van der Waals surface area contributed by atoms with Crippen molar-refractivity contribution in [2.24, 2.45) is 0 Å². The van der Waals surface area contributed by atoms with E-state index in [1.165, 1.54) is 31.7 Å². The van der Waals surface area contributed by atoms with Crippen LogP contribution in [0.4, 0.5) is 0 Å². The van der Waals surface area contributed by atoms with E-state index in [0.717, 1.165) is 65.7 Å². The van der Waals surface area contributed by atoms with Gasteiger partial charge in [-0.25, -0.2) is 4.57 Å². The number of aryl methyl sites for hydroxylation is 2. The van der Waals surface area contributed by atoms with Gasteiger partial charge >= 0.3 is 0 Å². The molecule has 9 aromatic carbocycles. The average molecular weight is 590 g/mol. The molecule has 0 bridgehead atoms. The van der Waals surface area contributed by atoms with Crippen molar-refractivity contribution in [3.8, 4) is 27.9 Å². The minimum Gasteiger partial charge on any atom is -0.268 e. The van der Waals surface area contributed by atoms with E-state index in [9.17, 15) is 9.59 Å². The second-order valence-electron chi connectivity index (χ2n) is 12.9. The van der Waals surface area contributed by atoms with Gasteiger partial charge in [0, 0.05) is 0 Å². The second-order valence-corrected chi connectivity index (χ2v) is 12.9. The Morgan fingerprint density at radius 3 is 1.33 bits per heavy atom. The Balaban J connectivity index is 1.52. The van der Waals surface area contributed by atoms with Gasteiger partial charge in [0.15, 0.2) is 0 Å². The van der Waals surface area contributed by atoms with Crippen LogP contribution in [-0.4, -0.2) is 4.57 Å². The molecule has 0 atom stereocenters. The molecule has 0 amide bonds. The third-order valence-corrected chi connectivity index (χ3v) is 10.6. The molecule has 0 aliphatic rings. The fourth-order valence-corrected chi connectivity index (χ4v) is 8.28. The first kappa shape index (κ1) is 25.5. The van der Waals surface area contributed by atoms with E-state index in [-0.39, 0.29) is 11.1 Å². The molecule has 10 rings (SSSR count). The van der Waals surface area contributed by atoms with Crippen molar-refractivity contribution in [2.75, 3.05) is 0 Å². The van der Waals surface area contributed by atoms with Gasteiger partial charge in [0.2, 0.25) is 0 Å². The lowest BCUT2D eigenvalue weighted by Crippen LogP contribution is -2.23. The highest BCUT2D eigenvalue weighted by molar-refractivity contribution is 6.50. The highest BCUT2D eigenvalue weighted by Gasteiger charge is 2.29. The predicted molar refractivity (Wildman–Crippen MR) is 193 cm³/mol. The SMILES string of the molecule is Cc1cc(-n2c(=O)c3c4cc(-c5ccccc5)c5ccc6ccc7c(-c8ccccc8)cc(c3c2=O)c2c7c6c5c42)cc(C)c1C. The molecule has 0 saturated heterocycles. The van der Waals surface area contributed by atoms with Crippen LogP contribution in [0, 0.1) is 20.8 Å². The van der Waals surface area contributed by atoms with Crippen LogP contribution in [-0.2, 0) is 0 Å². The molecule has 1 aromatic heterocycles. The maximum Gasteiger partial charge on any atom is 0.266 e. The van der Waals surface area contributed by atoms with E-state index in [0.29, 0.717) is 16.5 Å². The summed E-state index contributed by atoms with van der Waals surface area (Å²) in [5.41, 5.74) is 7.71. The fourth-order valence-electron chi connectivity index (χ4n) is 8.28. The van der Waals surface area contributed by atoms with Crippen LogP contribution >= 0.6 is 0 Å². The molecule has 0 radical (unpaired) electrons. The first-order valence-electron chi connectivity index (χ1n) is 15.8. The number of nitrogens with zero attached hydrogens (tertiary/aromatic N) is 1. The van der Waals surface area contributed by atoms with Gasteiger partial charge in [-0.15, -0.1) is 0 Å². The van der Waals surface area contributed by atoms with Gasteiger partial charge in [-0.2, -0.15) is 0 Å². The predicted octanol–water partition coefficient (Wildman–Crippen LogP) is 10.1. The third-order valence-electron chi connectivity index (χ3n) is 10.6. The highest BCUT2D eigenvalue weighted by atomic mass is 16.2. The zero-order valence-corrected chi connectivity index (χ0v) is 25.7. The van der Waals surface area contributed by atoms with Crippen molar-refractivity contribution in [3.63, 3.8) is 0 Å². The average Bonchev–Trinajstić information content (AvgIpc) is 3.58. The lowest BCUT2D eigenvalue weighted by Gasteiger charge is -2.12. The van der Waals surface area contributed by atoms with Crippen LogP contribution in [0.3, 0.4) is 0 Å². The second kappa shape index (κ2) is 8.68. The molecule has 0 saturated carbocycles. The van der Waals surface area contributed by atoms with E-state index in [1.807, 2.05) is 38.1 Å². The Hall–Kier alpha value is -5.80. The first-order chi connectivity index (χ1) is 22.4. The number of hydrogen-bond acceptors (Lipinski definition) is 2. The standard InChI is InChI=1S/C43H27NO2/c1-22-18-28(19-23(2)24(22)3)44-42(45)40-33-20-31(25-10-6-4-7-11-25)29-16-14-27-15-17-30-32(26-12-8-5-9-13-26)21-34(41(40)43(44)46)39-37(30)35(27)36(29)38(33)39/h4-21H,1-3H3. The molecular weight excluding hydrogens is 562 g/mol. The van der Waals surface area contributed by atoms with Crippen LogP contribution in [0.25, 0.3) is 92.6 Å². The van der Waals surface area contributed by atoms with Crippen LogP contribution in [0.1, 0.15) is 16.7 Å². The minimum atomic E-state index is -0.257. The molecule has 0 aliphatic carbocycles. The Kier molecular flexibility index (Phi) is 4.81. The summed E-state index contributed by atoms with van der Waals surface area (Å²) in [5, 5.41) is 11.9. The maximum absolute atomic E-state index is 14.8. The fraction of sp³-hybridized carbons (Fsp3) is 0.0698. The number of hydrogen-bond donors (Lipinski definition) is 0. The molecule has 3 heteroatoms. The zero-order valence-electron chi connectivity index (χ0n) is 25.7. The van der Waals surface area contributed by atoms with Crippen molar-refractivity contribution >= 4 is 64.6 Å². The van der Waals surface area contributed by atoms with Crippen LogP contribution < -0.4 is 11.1 Å². The summed E-state index contributed by atoms with van der Waals surface area (Å²) in [6.07, 6.45) is 0. The number of rotatable bonds is 3. The summed E-state index contributed by atoms with van der Waals surface area (Å²) in [6.45, 7) is 6.15. The van der Waals surface area contributed by atoms with Crippen molar-refractivity contribution in [1.29, 1.82) is 0 Å². The number of fused-ring (bicyclic) bond motifs is 3. The molecule has 10 aromatic rings. The van der Waals surface area contributed by atoms with Crippen molar-refractivity contribution in [2.45, 2.75) is 20.8 Å². The monoisotopic (exact) mass is 589 g/mol. The van der Waals surface area contributed by atoms with E-state index in [4.69, 9.17) is 0 Å². The van der Waals surface area contributed by atoms with Gasteiger partial charge in [0.25, 0.3) is 11.1 Å². The molecule has 46 heavy (non-hydrogen) atoms. The summed E-state index contributed by atoms with van der Waals surface area (Å²) in [7, 11) is 0. The first-order valence-corrected chi connectivity index (χ1v) is 15.8. The summed E-state index contributed by atoms with van der Waals surface area (Å²) in [4.78, 5) is 29.5. The smallest absolute Gasteiger partial charge is 0.266 e. The quantitative estimate of drug-likeness (QED) is 0.192. The van der Waals surface area contributed by atoms with Gasteiger partial charge in [0.1, 0.15) is 0 Å². The van der Waals surface area contributed by atoms with Gasteiger partial charge in [-0.3, -0.25) is 9.59 Å². The lowest BCUT2D eigenvalue weighted by molar-refractivity contribution is 0.982. The van der Waals surface area contributed by atoms with Crippen molar-refractivity contribution in [1.82, 2.24) is 4.57 Å². The Labute approximate surface area is 263 Å². The van der Waals surface area contributed by atoms with Gasteiger partial charge in [-0.05, 0) is 138 Å². The van der Waals surface area contributed by atoms with E-state index < -0.39 is 0 Å². The topological polar surface area (TPSA) is 39.1 Å². The van der Waals surface area contributed by atoms with Gasteiger partial charge in [0.05, 0.1) is 16.5 Å². The molecule has 3 nitrogen and oxygen atoms in total. The lowest BCUT2D eigenvalue weighted by atomic mass is 9.89. The van der Waals surface area contributed by atoms with Gasteiger partial charge in [-0.1, -0.05) is 84.9 Å².